The fraction of sp³-hybridized carbons (Fsp3) is 0.421. The van der Waals surface area contributed by atoms with Crippen LogP contribution >= 0.6 is 0 Å². The average Bonchev–Trinajstić information content (AvgIpc) is 3.26. The molecular weight excluding hydrogens is 314 g/mol. The van der Waals surface area contributed by atoms with Crippen LogP contribution < -0.4 is 0 Å². The number of likely N-dealkylation sites (tertiary alicyclic amines) is 1. The maximum Gasteiger partial charge on any atom is 0.224 e. The van der Waals surface area contributed by atoms with Gasteiger partial charge in [0.2, 0.25) is 5.91 Å². The average molecular weight is 337 g/mol. The molecular formula is C19H23N5O. The van der Waals surface area contributed by atoms with Crippen LogP contribution in [0, 0.1) is 6.92 Å². The quantitative estimate of drug-likeness (QED) is 0.796. The highest BCUT2D eigenvalue weighted by atomic mass is 16.2. The van der Waals surface area contributed by atoms with E-state index in [4.69, 9.17) is 0 Å². The molecule has 25 heavy (non-hydrogen) atoms. The Morgan fingerprint density at radius 3 is 3.04 bits per heavy atom. The first kappa shape index (κ1) is 15.9. The molecule has 6 nitrogen and oxygen atoms in total. The van der Waals surface area contributed by atoms with Gasteiger partial charge in [0.25, 0.3) is 0 Å². The SMILES string of the molecule is Cc1cnc(C2CCCN(C(=O)CCn3ncc4ccccc43)C2)[nH]1. The zero-order valence-corrected chi connectivity index (χ0v) is 14.5. The molecule has 0 radical (unpaired) electrons. The lowest BCUT2D eigenvalue weighted by Gasteiger charge is -2.32. The molecule has 1 saturated heterocycles. The van der Waals surface area contributed by atoms with Crippen LogP contribution in [-0.2, 0) is 11.3 Å². The molecule has 130 valence electrons. The molecule has 4 rings (SSSR count). The van der Waals surface area contributed by atoms with Crippen molar-refractivity contribution in [2.75, 3.05) is 13.1 Å². The van der Waals surface area contributed by atoms with Gasteiger partial charge in [-0.2, -0.15) is 5.10 Å². The highest BCUT2D eigenvalue weighted by Crippen LogP contribution is 2.25. The first-order chi connectivity index (χ1) is 12.2. The first-order valence-corrected chi connectivity index (χ1v) is 8.90. The summed E-state index contributed by atoms with van der Waals surface area (Å²) in [5.74, 6) is 1.53. The van der Waals surface area contributed by atoms with Gasteiger partial charge in [-0.25, -0.2) is 4.98 Å². The van der Waals surface area contributed by atoms with E-state index in [0.717, 1.165) is 48.4 Å². The molecule has 0 bridgehead atoms. The fourth-order valence-electron chi connectivity index (χ4n) is 3.63. The molecule has 0 aliphatic carbocycles. The van der Waals surface area contributed by atoms with Crippen LogP contribution in [0.1, 0.15) is 36.7 Å². The summed E-state index contributed by atoms with van der Waals surface area (Å²) in [6, 6.07) is 8.09. The Bertz CT molecular complexity index is 881. The lowest BCUT2D eigenvalue weighted by Crippen LogP contribution is -2.39. The number of amides is 1. The minimum Gasteiger partial charge on any atom is -0.346 e. The fourth-order valence-corrected chi connectivity index (χ4v) is 3.63. The summed E-state index contributed by atoms with van der Waals surface area (Å²) < 4.78 is 1.92. The third-order valence-corrected chi connectivity index (χ3v) is 4.97. The number of H-pyrrole nitrogens is 1. The van der Waals surface area contributed by atoms with Crippen molar-refractivity contribution in [3.8, 4) is 0 Å². The maximum atomic E-state index is 12.7. The number of hydrogen-bond acceptors (Lipinski definition) is 3. The summed E-state index contributed by atoms with van der Waals surface area (Å²) in [6.45, 7) is 4.23. The van der Waals surface area contributed by atoms with E-state index in [0.29, 0.717) is 18.9 Å². The van der Waals surface area contributed by atoms with Crippen LogP contribution in [0.15, 0.2) is 36.7 Å². The van der Waals surface area contributed by atoms with Gasteiger partial charge in [-0.15, -0.1) is 0 Å². The normalized spacial score (nSPS) is 18.0. The van der Waals surface area contributed by atoms with Crippen LogP contribution in [0.5, 0.6) is 0 Å². The van der Waals surface area contributed by atoms with E-state index in [2.05, 4.69) is 15.1 Å². The summed E-state index contributed by atoms with van der Waals surface area (Å²) in [6.07, 6.45) is 6.31. The summed E-state index contributed by atoms with van der Waals surface area (Å²) in [5, 5.41) is 5.52. The third-order valence-electron chi connectivity index (χ3n) is 4.97. The van der Waals surface area contributed by atoms with Crippen molar-refractivity contribution >= 4 is 16.8 Å². The molecule has 1 aliphatic heterocycles. The number of imidazole rings is 1. The van der Waals surface area contributed by atoms with Crippen LogP contribution in [-0.4, -0.2) is 43.6 Å². The molecule has 0 spiro atoms. The molecule has 1 atom stereocenters. The number of carbonyl (C=O) groups excluding carboxylic acids is 1. The van der Waals surface area contributed by atoms with Gasteiger partial charge < -0.3 is 9.88 Å². The van der Waals surface area contributed by atoms with Gasteiger partial charge in [-0.3, -0.25) is 9.48 Å². The number of nitrogens with zero attached hydrogens (tertiary/aromatic N) is 4. The van der Waals surface area contributed by atoms with E-state index in [9.17, 15) is 4.79 Å². The predicted octanol–water partition coefficient (Wildman–Crippen LogP) is 2.86. The monoisotopic (exact) mass is 337 g/mol. The van der Waals surface area contributed by atoms with Crippen molar-refractivity contribution in [3.63, 3.8) is 0 Å². The Morgan fingerprint density at radius 2 is 2.20 bits per heavy atom. The number of aromatic nitrogens is 4. The molecule has 1 unspecified atom stereocenters. The van der Waals surface area contributed by atoms with E-state index >= 15 is 0 Å². The Kier molecular flexibility index (Phi) is 4.26. The number of carbonyl (C=O) groups is 1. The minimum absolute atomic E-state index is 0.201. The van der Waals surface area contributed by atoms with Gasteiger partial charge >= 0.3 is 0 Å². The largest absolute Gasteiger partial charge is 0.346 e. The van der Waals surface area contributed by atoms with E-state index in [1.165, 1.54) is 0 Å². The highest BCUT2D eigenvalue weighted by molar-refractivity contribution is 5.79. The minimum atomic E-state index is 0.201. The van der Waals surface area contributed by atoms with Crippen molar-refractivity contribution in [3.05, 3.63) is 48.2 Å². The van der Waals surface area contributed by atoms with Crippen molar-refractivity contribution in [1.29, 1.82) is 0 Å². The smallest absolute Gasteiger partial charge is 0.224 e. The standard InChI is InChI=1S/C19H23N5O/c1-14-11-20-19(22-14)16-6-4-9-23(13-16)18(25)8-10-24-17-7-3-2-5-15(17)12-21-24/h2-3,5,7,11-12,16H,4,6,8-10,13H2,1H3,(H,20,22). The van der Waals surface area contributed by atoms with Crippen molar-refractivity contribution < 1.29 is 4.79 Å². The van der Waals surface area contributed by atoms with Gasteiger partial charge in [0, 0.05) is 42.7 Å². The van der Waals surface area contributed by atoms with Gasteiger partial charge in [-0.1, -0.05) is 18.2 Å². The zero-order chi connectivity index (χ0) is 17.2. The molecule has 0 saturated carbocycles. The van der Waals surface area contributed by atoms with Crippen LogP contribution in [0.25, 0.3) is 10.9 Å². The molecule has 1 fully saturated rings. The van der Waals surface area contributed by atoms with Crippen molar-refractivity contribution in [2.24, 2.45) is 0 Å². The number of benzene rings is 1. The number of fused-ring (bicyclic) bond motifs is 1. The summed E-state index contributed by atoms with van der Waals surface area (Å²) in [5.41, 5.74) is 2.15. The molecule has 2 aromatic heterocycles. The molecule has 1 aliphatic rings. The van der Waals surface area contributed by atoms with Gasteiger partial charge in [0.1, 0.15) is 5.82 Å². The molecule has 1 amide bonds. The molecule has 6 heteroatoms. The van der Waals surface area contributed by atoms with Crippen LogP contribution in [0.3, 0.4) is 0 Å². The topological polar surface area (TPSA) is 66.8 Å². The molecule has 3 heterocycles. The lowest BCUT2D eigenvalue weighted by atomic mass is 9.97. The maximum absolute atomic E-state index is 12.7. The molecule has 3 aromatic rings. The van der Waals surface area contributed by atoms with Gasteiger partial charge in [-0.05, 0) is 25.8 Å². The lowest BCUT2D eigenvalue weighted by molar-refractivity contribution is -0.132. The highest BCUT2D eigenvalue weighted by Gasteiger charge is 2.26. The first-order valence-electron chi connectivity index (χ1n) is 8.90. The Hall–Kier alpha value is -2.63. The Balaban J connectivity index is 1.39. The molecule has 1 aromatic carbocycles. The van der Waals surface area contributed by atoms with E-state index in [1.807, 2.05) is 53.2 Å². The van der Waals surface area contributed by atoms with Gasteiger partial charge in [0.05, 0.1) is 18.3 Å². The second-order valence-corrected chi connectivity index (χ2v) is 6.81. The summed E-state index contributed by atoms with van der Waals surface area (Å²) >= 11 is 0. The Labute approximate surface area is 146 Å². The zero-order valence-electron chi connectivity index (χ0n) is 14.5. The summed E-state index contributed by atoms with van der Waals surface area (Å²) in [7, 11) is 0. The number of rotatable bonds is 4. The van der Waals surface area contributed by atoms with Gasteiger partial charge in [0.15, 0.2) is 0 Å². The second-order valence-electron chi connectivity index (χ2n) is 6.81. The predicted molar refractivity (Wildman–Crippen MR) is 96.2 cm³/mol. The van der Waals surface area contributed by atoms with E-state index in [1.54, 1.807) is 0 Å². The summed E-state index contributed by atoms with van der Waals surface area (Å²) in [4.78, 5) is 22.4. The number of nitrogens with one attached hydrogen (secondary N) is 1. The molecule has 1 N–H and O–H groups in total. The van der Waals surface area contributed by atoms with Crippen molar-refractivity contribution in [2.45, 2.75) is 38.6 Å². The van der Waals surface area contributed by atoms with E-state index < -0.39 is 0 Å². The Morgan fingerprint density at radius 1 is 1.32 bits per heavy atom. The number of piperidine rings is 1. The van der Waals surface area contributed by atoms with Crippen LogP contribution in [0.4, 0.5) is 0 Å². The van der Waals surface area contributed by atoms with E-state index in [-0.39, 0.29) is 5.91 Å². The van der Waals surface area contributed by atoms with Crippen LogP contribution in [0.2, 0.25) is 0 Å². The third kappa shape index (κ3) is 3.29. The second kappa shape index (κ2) is 6.70. The van der Waals surface area contributed by atoms with Crippen molar-refractivity contribution in [1.82, 2.24) is 24.6 Å². The number of hydrogen-bond donors (Lipinski definition) is 1. The number of aryl methyl sites for hydroxylation is 2. The number of aromatic amines is 1. The number of para-hydroxylation sites is 1.